The Hall–Kier alpha value is 0. The number of hydrogen-bond acceptors (Lipinski definition) is 0. The van der Waals surface area contributed by atoms with Gasteiger partial charge in [0, 0.05) is 0 Å². The van der Waals surface area contributed by atoms with E-state index < -0.39 is 0 Å². The largest absolute Gasteiger partial charge is 0.0651 e. The molecule has 0 aromatic carbocycles. The summed E-state index contributed by atoms with van der Waals surface area (Å²) in [5.74, 6) is 4.63. The van der Waals surface area contributed by atoms with Crippen LogP contribution in [0.15, 0.2) is 0 Å². The normalized spacial score (nSPS) is 64.9. The van der Waals surface area contributed by atoms with Crippen molar-refractivity contribution in [3.8, 4) is 0 Å². The highest BCUT2D eigenvalue weighted by atomic mass is 14.8. The Balaban J connectivity index is 1.92. The molecule has 5 atom stereocenters. The summed E-state index contributed by atoms with van der Waals surface area (Å²) in [6, 6.07) is 0. The zero-order valence-electron chi connectivity index (χ0n) is 7.64. The summed E-state index contributed by atoms with van der Waals surface area (Å²) in [7, 11) is 0. The lowest BCUT2D eigenvalue weighted by molar-refractivity contribution is -0.00228. The van der Waals surface area contributed by atoms with E-state index in [-0.39, 0.29) is 0 Å². The molecule has 0 aromatic rings. The van der Waals surface area contributed by atoms with Crippen LogP contribution in [0.25, 0.3) is 0 Å². The van der Waals surface area contributed by atoms with Gasteiger partial charge in [0.25, 0.3) is 0 Å². The van der Waals surface area contributed by atoms with Crippen molar-refractivity contribution in [1.29, 1.82) is 0 Å². The Morgan fingerprint density at radius 1 is 1.45 bits per heavy atom. The molecule has 0 saturated heterocycles. The molecule has 3 aliphatic rings. The van der Waals surface area contributed by atoms with Gasteiger partial charge in [-0.2, -0.15) is 0 Å². The van der Waals surface area contributed by atoms with Gasteiger partial charge in [0.1, 0.15) is 0 Å². The third kappa shape index (κ3) is 0.467. The molecular weight excluding hydrogens is 132 g/mol. The van der Waals surface area contributed by atoms with Gasteiger partial charge in [-0.25, -0.2) is 0 Å². The smallest absolute Gasteiger partial charge is 0.0204 e. The molecule has 0 amide bonds. The van der Waals surface area contributed by atoms with Gasteiger partial charge in [0.05, 0.1) is 0 Å². The van der Waals surface area contributed by atoms with Crippen molar-refractivity contribution < 1.29 is 0 Å². The quantitative estimate of drug-likeness (QED) is 0.539. The van der Waals surface area contributed by atoms with Crippen molar-refractivity contribution in [3.05, 3.63) is 0 Å². The molecule has 11 heavy (non-hydrogen) atoms. The van der Waals surface area contributed by atoms with E-state index in [0.29, 0.717) is 0 Å². The Labute approximate surface area is 69.4 Å². The lowest BCUT2D eigenvalue weighted by atomic mass is 9.56. The van der Waals surface area contributed by atoms with E-state index in [4.69, 9.17) is 0 Å². The maximum absolute atomic E-state index is 2.50. The molecule has 3 rings (SSSR count). The van der Waals surface area contributed by atoms with Gasteiger partial charge < -0.3 is 0 Å². The van der Waals surface area contributed by atoms with E-state index in [2.05, 4.69) is 13.8 Å². The van der Waals surface area contributed by atoms with Crippen LogP contribution in [0.2, 0.25) is 0 Å². The highest BCUT2D eigenvalue weighted by Gasteiger charge is 2.78. The van der Waals surface area contributed by atoms with E-state index >= 15 is 0 Å². The van der Waals surface area contributed by atoms with Crippen LogP contribution < -0.4 is 0 Å². The maximum Gasteiger partial charge on any atom is -0.0204 e. The van der Waals surface area contributed by atoms with Gasteiger partial charge in [-0.1, -0.05) is 26.7 Å². The first kappa shape index (κ1) is 6.51. The third-order valence-electron chi connectivity index (χ3n) is 5.15. The second-order valence-electron chi connectivity index (χ2n) is 5.00. The van der Waals surface area contributed by atoms with Crippen molar-refractivity contribution in [2.75, 3.05) is 0 Å². The molecule has 0 aromatic heterocycles. The van der Waals surface area contributed by atoms with Gasteiger partial charge in [0.2, 0.25) is 0 Å². The maximum atomic E-state index is 2.50. The molecule has 2 bridgehead atoms. The third-order valence-corrected chi connectivity index (χ3v) is 5.15. The van der Waals surface area contributed by atoms with Gasteiger partial charge in [0.15, 0.2) is 0 Å². The standard InChI is InChI=1S/C11H18/c1-3-9-8-5-4-6-11(9)7(2)10(8)11/h7-10H,3-6H2,1-2H3. The first-order chi connectivity index (χ1) is 5.32. The van der Waals surface area contributed by atoms with Crippen LogP contribution >= 0.6 is 0 Å². The monoisotopic (exact) mass is 150 g/mol. The topological polar surface area (TPSA) is 0 Å². The van der Waals surface area contributed by atoms with Gasteiger partial charge in [-0.05, 0) is 41.9 Å². The van der Waals surface area contributed by atoms with Gasteiger partial charge in [-0.3, -0.25) is 0 Å². The zero-order chi connectivity index (χ0) is 7.64. The number of hydrogen-bond donors (Lipinski definition) is 0. The molecule has 0 nitrogen and oxygen atoms in total. The average Bonchev–Trinajstić information content (AvgIpc) is 2.55. The van der Waals surface area contributed by atoms with Crippen LogP contribution in [-0.2, 0) is 0 Å². The fraction of sp³-hybridized carbons (Fsp3) is 1.00. The summed E-state index contributed by atoms with van der Waals surface area (Å²) in [5.41, 5.74) is 0.914. The molecule has 3 fully saturated rings. The highest BCUT2D eigenvalue weighted by molar-refractivity contribution is 5.25. The molecule has 0 N–H and O–H groups in total. The van der Waals surface area contributed by atoms with Crippen LogP contribution in [-0.4, -0.2) is 0 Å². The lowest BCUT2D eigenvalue weighted by Gasteiger charge is -2.49. The Bertz CT molecular complexity index is 196. The van der Waals surface area contributed by atoms with E-state index in [1.54, 1.807) is 19.3 Å². The molecule has 5 unspecified atom stereocenters. The SMILES string of the molecule is CCC1C2CCCC13C(C)C23. The molecule has 1 spiro atoms. The van der Waals surface area contributed by atoms with Crippen molar-refractivity contribution in [2.24, 2.45) is 29.1 Å². The van der Waals surface area contributed by atoms with Gasteiger partial charge in [-0.15, -0.1) is 0 Å². The summed E-state index contributed by atoms with van der Waals surface area (Å²) < 4.78 is 0. The lowest BCUT2D eigenvalue weighted by Crippen LogP contribution is -2.42. The predicted molar refractivity (Wildman–Crippen MR) is 46.2 cm³/mol. The molecule has 0 aliphatic heterocycles. The van der Waals surface area contributed by atoms with Crippen LogP contribution in [0, 0.1) is 29.1 Å². The van der Waals surface area contributed by atoms with E-state index in [1.807, 2.05) is 0 Å². The summed E-state index contributed by atoms with van der Waals surface area (Å²) in [6.07, 6.45) is 6.15. The minimum absolute atomic E-state index is 0.914. The first-order valence-electron chi connectivity index (χ1n) is 5.32. The van der Waals surface area contributed by atoms with Crippen molar-refractivity contribution in [3.63, 3.8) is 0 Å². The van der Waals surface area contributed by atoms with Crippen molar-refractivity contribution in [1.82, 2.24) is 0 Å². The molecule has 3 aliphatic carbocycles. The summed E-state index contributed by atoms with van der Waals surface area (Å²) >= 11 is 0. The van der Waals surface area contributed by atoms with E-state index in [1.165, 1.54) is 18.3 Å². The first-order valence-corrected chi connectivity index (χ1v) is 5.32. The van der Waals surface area contributed by atoms with Crippen LogP contribution in [0.4, 0.5) is 0 Å². The number of rotatable bonds is 1. The molecule has 3 saturated carbocycles. The molecule has 0 heteroatoms. The second kappa shape index (κ2) is 1.67. The van der Waals surface area contributed by atoms with Gasteiger partial charge >= 0.3 is 0 Å². The van der Waals surface area contributed by atoms with Crippen LogP contribution in [0.1, 0.15) is 39.5 Å². The average molecular weight is 150 g/mol. The molecule has 0 heterocycles. The van der Waals surface area contributed by atoms with E-state index in [9.17, 15) is 0 Å². The minimum Gasteiger partial charge on any atom is -0.0651 e. The van der Waals surface area contributed by atoms with E-state index in [0.717, 1.165) is 17.3 Å². The Kier molecular flexibility index (Phi) is 0.990. The van der Waals surface area contributed by atoms with Crippen molar-refractivity contribution >= 4 is 0 Å². The van der Waals surface area contributed by atoms with Crippen LogP contribution in [0.3, 0.4) is 0 Å². The minimum atomic E-state index is 0.914. The van der Waals surface area contributed by atoms with Crippen molar-refractivity contribution in [2.45, 2.75) is 39.5 Å². The highest BCUT2D eigenvalue weighted by Crippen LogP contribution is 2.83. The molecule has 0 radical (unpaired) electrons. The fourth-order valence-corrected chi connectivity index (χ4v) is 4.86. The van der Waals surface area contributed by atoms with Crippen LogP contribution in [0.5, 0.6) is 0 Å². The summed E-state index contributed by atoms with van der Waals surface area (Å²) in [5, 5.41) is 0. The molecule has 62 valence electrons. The molecular formula is C11H18. The Morgan fingerprint density at radius 3 is 2.73 bits per heavy atom. The summed E-state index contributed by atoms with van der Waals surface area (Å²) in [6.45, 7) is 4.89. The fourth-order valence-electron chi connectivity index (χ4n) is 4.86. The zero-order valence-corrected chi connectivity index (χ0v) is 7.64. The number of fused-ring (bicyclic) bond motifs is 2. The summed E-state index contributed by atoms with van der Waals surface area (Å²) in [4.78, 5) is 0. The predicted octanol–water partition coefficient (Wildman–Crippen LogP) is 3.08. The second-order valence-corrected chi connectivity index (χ2v) is 5.00. The Morgan fingerprint density at radius 2 is 2.27 bits per heavy atom.